The number of piperazine rings is 1. The Morgan fingerprint density at radius 2 is 1.74 bits per heavy atom. The third kappa shape index (κ3) is 3.50. The molecule has 2 aliphatic rings. The molecule has 27 heavy (non-hydrogen) atoms. The number of fused-ring (bicyclic) bond motifs is 1. The molecule has 0 bridgehead atoms. The summed E-state index contributed by atoms with van der Waals surface area (Å²) >= 11 is 0. The molecule has 1 aromatic heterocycles. The van der Waals surface area contributed by atoms with Crippen LogP contribution < -0.4 is 5.76 Å². The number of aromatic nitrogens is 1. The summed E-state index contributed by atoms with van der Waals surface area (Å²) in [7, 11) is 1.65. The highest BCUT2D eigenvalue weighted by atomic mass is 16.4. The van der Waals surface area contributed by atoms with Crippen LogP contribution in [0.25, 0.3) is 11.1 Å². The Kier molecular flexibility index (Phi) is 4.76. The topological polar surface area (TPSA) is 75.8 Å². The normalized spacial score (nSPS) is 18.4. The maximum absolute atomic E-state index is 12.7. The summed E-state index contributed by atoms with van der Waals surface area (Å²) in [6, 6.07) is 5.39. The second kappa shape index (κ2) is 7.21. The number of carbonyl (C=O) groups excluding carboxylic acids is 2. The maximum Gasteiger partial charge on any atom is 0.419 e. The van der Waals surface area contributed by atoms with Crippen molar-refractivity contribution in [2.24, 2.45) is 13.0 Å². The van der Waals surface area contributed by atoms with E-state index in [2.05, 4.69) is 0 Å². The summed E-state index contributed by atoms with van der Waals surface area (Å²) in [5.41, 5.74) is 2.07. The average molecular weight is 371 g/mol. The van der Waals surface area contributed by atoms with Crippen molar-refractivity contribution >= 4 is 22.9 Å². The number of carbonyl (C=O) groups is 2. The van der Waals surface area contributed by atoms with E-state index in [0.717, 1.165) is 31.2 Å². The van der Waals surface area contributed by atoms with Crippen LogP contribution >= 0.6 is 0 Å². The smallest absolute Gasteiger partial charge is 0.408 e. The highest BCUT2D eigenvalue weighted by molar-refractivity contribution is 5.82. The summed E-state index contributed by atoms with van der Waals surface area (Å²) in [5.74, 6) is 0.110. The van der Waals surface area contributed by atoms with Crippen LogP contribution in [0.15, 0.2) is 27.4 Å². The van der Waals surface area contributed by atoms with E-state index in [-0.39, 0.29) is 24.2 Å². The van der Waals surface area contributed by atoms with Crippen LogP contribution in [0.4, 0.5) is 0 Å². The molecule has 1 aromatic carbocycles. The summed E-state index contributed by atoms with van der Waals surface area (Å²) in [6.07, 6.45) is 4.61. The van der Waals surface area contributed by atoms with Crippen LogP contribution in [0.2, 0.25) is 0 Å². The van der Waals surface area contributed by atoms with Crippen molar-refractivity contribution in [2.75, 3.05) is 26.2 Å². The maximum atomic E-state index is 12.7. The molecule has 1 saturated heterocycles. The number of hydrogen-bond acceptors (Lipinski definition) is 4. The molecular formula is C20H25N3O4. The fourth-order valence-electron chi connectivity index (χ4n) is 4.18. The largest absolute Gasteiger partial charge is 0.419 e. The number of aryl methyl sites for hydroxylation is 1. The number of benzene rings is 1. The van der Waals surface area contributed by atoms with E-state index in [4.69, 9.17) is 4.42 Å². The van der Waals surface area contributed by atoms with E-state index >= 15 is 0 Å². The number of amides is 2. The minimum absolute atomic E-state index is 0.0517. The zero-order valence-corrected chi connectivity index (χ0v) is 15.6. The molecule has 1 aliphatic heterocycles. The molecule has 0 unspecified atom stereocenters. The fraction of sp³-hybridized carbons (Fsp3) is 0.550. The second-order valence-electron chi connectivity index (χ2n) is 7.59. The van der Waals surface area contributed by atoms with Gasteiger partial charge in [0.25, 0.3) is 0 Å². The Morgan fingerprint density at radius 1 is 1.07 bits per heavy atom. The molecular weight excluding hydrogens is 346 g/mol. The van der Waals surface area contributed by atoms with Crippen LogP contribution in [-0.4, -0.2) is 52.4 Å². The lowest BCUT2D eigenvalue weighted by atomic mass is 10.1. The van der Waals surface area contributed by atoms with Crippen LogP contribution in [0.1, 0.15) is 31.2 Å². The average Bonchev–Trinajstić information content (AvgIpc) is 3.31. The predicted molar refractivity (Wildman–Crippen MR) is 100 cm³/mol. The quantitative estimate of drug-likeness (QED) is 0.820. The first-order valence-electron chi connectivity index (χ1n) is 9.68. The van der Waals surface area contributed by atoms with Gasteiger partial charge in [-0.05, 0) is 30.5 Å². The van der Waals surface area contributed by atoms with Gasteiger partial charge >= 0.3 is 5.76 Å². The lowest BCUT2D eigenvalue weighted by Crippen LogP contribution is -2.52. The molecule has 0 N–H and O–H groups in total. The summed E-state index contributed by atoms with van der Waals surface area (Å²) in [6.45, 7) is 2.42. The Hall–Kier alpha value is -2.57. The van der Waals surface area contributed by atoms with E-state index in [1.54, 1.807) is 13.1 Å². The molecule has 4 rings (SSSR count). The van der Waals surface area contributed by atoms with Crippen LogP contribution in [-0.2, 0) is 23.1 Å². The molecule has 144 valence electrons. The Labute approximate surface area is 157 Å². The molecule has 2 aromatic rings. The van der Waals surface area contributed by atoms with Crippen molar-refractivity contribution in [3.05, 3.63) is 34.3 Å². The van der Waals surface area contributed by atoms with Crippen molar-refractivity contribution in [3.63, 3.8) is 0 Å². The zero-order valence-electron chi connectivity index (χ0n) is 15.6. The van der Waals surface area contributed by atoms with E-state index in [1.165, 1.54) is 4.57 Å². The second-order valence-corrected chi connectivity index (χ2v) is 7.59. The summed E-state index contributed by atoms with van der Waals surface area (Å²) in [5, 5.41) is 0. The monoisotopic (exact) mass is 371 g/mol. The van der Waals surface area contributed by atoms with Crippen molar-refractivity contribution in [1.82, 2.24) is 14.4 Å². The molecule has 1 aliphatic carbocycles. The third-order valence-electron chi connectivity index (χ3n) is 5.86. The van der Waals surface area contributed by atoms with Gasteiger partial charge in [0.2, 0.25) is 11.8 Å². The summed E-state index contributed by atoms with van der Waals surface area (Å²) in [4.78, 5) is 40.5. The molecule has 1 saturated carbocycles. The van der Waals surface area contributed by atoms with Crippen molar-refractivity contribution < 1.29 is 14.0 Å². The third-order valence-corrected chi connectivity index (χ3v) is 5.86. The van der Waals surface area contributed by atoms with Gasteiger partial charge in [-0.2, -0.15) is 0 Å². The molecule has 2 heterocycles. The first-order valence-corrected chi connectivity index (χ1v) is 9.68. The van der Waals surface area contributed by atoms with Gasteiger partial charge in [-0.15, -0.1) is 0 Å². The van der Waals surface area contributed by atoms with Gasteiger partial charge in [-0.25, -0.2) is 4.79 Å². The lowest BCUT2D eigenvalue weighted by Gasteiger charge is -2.36. The number of hydrogen-bond donors (Lipinski definition) is 0. The van der Waals surface area contributed by atoms with Crippen molar-refractivity contribution in [2.45, 2.75) is 32.1 Å². The number of nitrogens with zero attached hydrogens (tertiary/aromatic N) is 3. The van der Waals surface area contributed by atoms with Crippen LogP contribution in [0, 0.1) is 5.92 Å². The first kappa shape index (κ1) is 17.8. The van der Waals surface area contributed by atoms with Gasteiger partial charge in [0, 0.05) is 39.1 Å². The highest BCUT2D eigenvalue weighted by Gasteiger charge is 2.30. The van der Waals surface area contributed by atoms with Gasteiger partial charge < -0.3 is 14.2 Å². The van der Waals surface area contributed by atoms with E-state index in [0.29, 0.717) is 37.3 Å². The zero-order chi connectivity index (χ0) is 19.0. The molecule has 0 radical (unpaired) electrons. The molecule has 7 nitrogen and oxygen atoms in total. The highest BCUT2D eigenvalue weighted by Crippen LogP contribution is 2.27. The number of rotatable bonds is 3. The lowest BCUT2D eigenvalue weighted by molar-refractivity contribution is -0.141. The fourth-order valence-corrected chi connectivity index (χ4v) is 4.18. The van der Waals surface area contributed by atoms with Crippen molar-refractivity contribution in [3.8, 4) is 0 Å². The van der Waals surface area contributed by atoms with E-state index < -0.39 is 5.76 Å². The molecule has 2 fully saturated rings. The number of oxazole rings is 1. The standard InChI is InChI=1S/C20H25N3O4/c1-21-16-12-14(6-7-17(16)27-20(21)26)13-18(24)22-8-10-23(11-9-22)19(25)15-4-2-3-5-15/h6-7,12,15H,2-5,8-11,13H2,1H3. The van der Waals surface area contributed by atoms with E-state index in [1.807, 2.05) is 21.9 Å². The minimum atomic E-state index is -0.406. The molecule has 7 heteroatoms. The van der Waals surface area contributed by atoms with Crippen molar-refractivity contribution in [1.29, 1.82) is 0 Å². The predicted octanol–water partition coefficient (Wildman–Crippen LogP) is 1.53. The Morgan fingerprint density at radius 3 is 2.44 bits per heavy atom. The van der Waals surface area contributed by atoms with Crippen LogP contribution in [0.5, 0.6) is 0 Å². The summed E-state index contributed by atoms with van der Waals surface area (Å²) < 4.78 is 6.57. The van der Waals surface area contributed by atoms with Gasteiger partial charge in [0.05, 0.1) is 11.9 Å². The van der Waals surface area contributed by atoms with Gasteiger partial charge in [-0.3, -0.25) is 14.2 Å². The Balaban J connectivity index is 1.36. The van der Waals surface area contributed by atoms with Gasteiger partial charge in [0.15, 0.2) is 5.58 Å². The Bertz CT molecular complexity index is 915. The molecule has 0 spiro atoms. The first-order chi connectivity index (χ1) is 13.0. The van der Waals surface area contributed by atoms with Crippen LogP contribution in [0.3, 0.4) is 0 Å². The van der Waals surface area contributed by atoms with Gasteiger partial charge in [0.1, 0.15) is 0 Å². The minimum Gasteiger partial charge on any atom is -0.408 e. The van der Waals surface area contributed by atoms with Gasteiger partial charge in [-0.1, -0.05) is 18.9 Å². The molecule has 2 amide bonds. The van der Waals surface area contributed by atoms with E-state index in [9.17, 15) is 14.4 Å². The SMILES string of the molecule is Cn1c(=O)oc2ccc(CC(=O)N3CCN(C(=O)C4CCCC4)CC3)cc21. The molecule has 0 atom stereocenters.